The lowest BCUT2D eigenvalue weighted by atomic mass is 10.1. The third-order valence-corrected chi connectivity index (χ3v) is 3.51. The first kappa shape index (κ1) is 15.2. The zero-order valence-electron chi connectivity index (χ0n) is 12.6. The Balaban J connectivity index is 2.03. The third kappa shape index (κ3) is 3.45. The number of pyridine rings is 1. The van der Waals surface area contributed by atoms with Gasteiger partial charge in [-0.15, -0.1) is 0 Å². The molecule has 2 heterocycles. The molecule has 5 nitrogen and oxygen atoms in total. The van der Waals surface area contributed by atoms with E-state index in [2.05, 4.69) is 15.4 Å². The molecule has 0 aliphatic carbocycles. The number of rotatable bonds is 4. The summed E-state index contributed by atoms with van der Waals surface area (Å²) in [6.45, 7) is 5.89. The van der Waals surface area contributed by atoms with Crippen molar-refractivity contribution in [1.29, 1.82) is 0 Å². The van der Waals surface area contributed by atoms with Crippen molar-refractivity contribution in [2.24, 2.45) is 7.05 Å². The molecular formula is C15H19FN4O. The molecule has 0 fully saturated rings. The summed E-state index contributed by atoms with van der Waals surface area (Å²) in [5, 5.41) is 7.23. The van der Waals surface area contributed by atoms with Crippen LogP contribution in [-0.4, -0.2) is 26.7 Å². The van der Waals surface area contributed by atoms with E-state index in [1.54, 1.807) is 0 Å². The van der Waals surface area contributed by atoms with Crippen LogP contribution >= 0.6 is 0 Å². The SMILES string of the molecule is Cc1nn(C)c(C)c1CC(C)NC(=O)c1ccc(F)cn1. The molecule has 1 unspecified atom stereocenters. The molecule has 2 rings (SSSR count). The van der Waals surface area contributed by atoms with Crippen molar-refractivity contribution in [3.8, 4) is 0 Å². The predicted octanol–water partition coefficient (Wildman–Crippen LogP) is 1.93. The highest BCUT2D eigenvalue weighted by Gasteiger charge is 2.16. The minimum Gasteiger partial charge on any atom is -0.348 e. The number of carbonyl (C=O) groups is 1. The average molecular weight is 290 g/mol. The largest absolute Gasteiger partial charge is 0.348 e. The number of nitrogens with zero attached hydrogens (tertiary/aromatic N) is 3. The number of carbonyl (C=O) groups excluding carboxylic acids is 1. The second kappa shape index (κ2) is 6.03. The maximum atomic E-state index is 12.8. The molecule has 6 heteroatoms. The Morgan fingerprint density at radius 1 is 1.43 bits per heavy atom. The molecule has 0 radical (unpaired) electrons. The highest BCUT2D eigenvalue weighted by atomic mass is 19.1. The summed E-state index contributed by atoms with van der Waals surface area (Å²) in [5.74, 6) is -0.761. The molecule has 0 aliphatic rings. The molecule has 0 aliphatic heterocycles. The fourth-order valence-corrected chi connectivity index (χ4v) is 2.28. The molecular weight excluding hydrogens is 271 g/mol. The Morgan fingerprint density at radius 3 is 2.67 bits per heavy atom. The van der Waals surface area contributed by atoms with Crippen molar-refractivity contribution in [2.75, 3.05) is 0 Å². The molecule has 1 amide bonds. The van der Waals surface area contributed by atoms with Gasteiger partial charge >= 0.3 is 0 Å². The van der Waals surface area contributed by atoms with Crippen molar-refractivity contribution in [3.63, 3.8) is 0 Å². The van der Waals surface area contributed by atoms with Crippen molar-refractivity contribution in [3.05, 3.63) is 46.8 Å². The van der Waals surface area contributed by atoms with Gasteiger partial charge in [0.2, 0.25) is 0 Å². The van der Waals surface area contributed by atoms with Gasteiger partial charge in [-0.05, 0) is 44.9 Å². The normalized spacial score (nSPS) is 12.2. The molecule has 0 aromatic carbocycles. The number of hydrogen-bond acceptors (Lipinski definition) is 3. The third-order valence-electron chi connectivity index (χ3n) is 3.51. The van der Waals surface area contributed by atoms with E-state index < -0.39 is 5.82 Å². The molecule has 0 bridgehead atoms. The van der Waals surface area contributed by atoms with E-state index in [4.69, 9.17) is 0 Å². The summed E-state index contributed by atoms with van der Waals surface area (Å²) in [5.41, 5.74) is 3.41. The van der Waals surface area contributed by atoms with Crippen LogP contribution in [0.3, 0.4) is 0 Å². The molecule has 2 aromatic rings. The van der Waals surface area contributed by atoms with Gasteiger partial charge in [0.1, 0.15) is 11.5 Å². The van der Waals surface area contributed by atoms with Crippen LogP contribution in [0.5, 0.6) is 0 Å². The Bertz CT molecular complexity index is 648. The lowest BCUT2D eigenvalue weighted by molar-refractivity contribution is 0.0935. The van der Waals surface area contributed by atoms with Crippen LogP contribution in [0.1, 0.15) is 34.4 Å². The molecule has 1 N–H and O–H groups in total. The minimum absolute atomic E-state index is 0.0639. The maximum Gasteiger partial charge on any atom is 0.270 e. The summed E-state index contributed by atoms with van der Waals surface area (Å²) in [6.07, 6.45) is 1.73. The van der Waals surface area contributed by atoms with Gasteiger partial charge in [-0.3, -0.25) is 9.48 Å². The van der Waals surface area contributed by atoms with Crippen molar-refractivity contribution >= 4 is 5.91 Å². The van der Waals surface area contributed by atoms with Crippen LogP contribution in [0.15, 0.2) is 18.3 Å². The van der Waals surface area contributed by atoms with Crippen molar-refractivity contribution in [2.45, 2.75) is 33.2 Å². The Labute approximate surface area is 123 Å². The van der Waals surface area contributed by atoms with E-state index in [9.17, 15) is 9.18 Å². The molecule has 1 atom stereocenters. The minimum atomic E-state index is -0.457. The Morgan fingerprint density at radius 2 is 2.14 bits per heavy atom. The van der Waals surface area contributed by atoms with Gasteiger partial charge in [0.25, 0.3) is 5.91 Å². The van der Waals surface area contributed by atoms with Gasteiger partial charge in [0.15, 0.2) is 0 Å². The quantitative estimate of drug-likeness (QED) is 0.936. The fourth-order valence-electron chi connectivity index (χ4n) is 2.28. The topological polar surface area (TPSA) is 59.8 Å². The molecule has 0 saturated heterocycles. The van der Waals surface area contributed by atoms with E-state index >= 15 is 0 Å². The van der Waals surface area contributed by atoms with Crippen LogP contribution in [0.4, 0.5) is 4.39 Å². The van der Waals surface area contributed by atoms with E-state index in [0.29, 0.717) is 6.42 Å². The number of aryl methyl sites for hydroxylation is 2. The highest BCUT2D eigenvalue weighted by Crippen LogP contribution is 2.14. The second-order valence-electron chi connectivity index (χ2n) is 5.21. The molecule has 0 spiro atoms. The van der Waals surface area contributed by atoms with Crippen LogP contribution in [0, 0.1) is 19.7 Å². The van der Waals surface area contributed by atoms with Crippen LogP contribution in [-0.2, 0) is 13.5 Å². The number of amides is 1. The van der Waals surface area contributed by atoms with Gasteiger partial charge in [0.05, 0.1) is 11.9 Å². The van der Waals surface area contributed by atoms with E-state index in [0.717, 1.165) is 23.1 Å². The fraction of sp³-hybridized carbons (Fsp3) is 0.400. The number of hydrogen-bond donors (Lipinski definition) is 1. The lowest BCUT2D eigenvalue weighted by Gasteiger charge is -2.14. The van der Waals surface area contributed by atoms with Gasteiger partial charge in [-0.1, -0.05) is 0 Å². The molecule has 0 saturated carbocycles. The zero-order valence-corrected chi connectivity index (χ0v) is 12.6. The number of halogens is 1. The smallest absolute Gasteiger partial charge is 0.270 e. The average Bonchev–Trinajstić information content (AvgIpc) is 2.66. The lowest BCUT2D eigenvalue weighted by Crippen LogP contribution is -2.34. The first-order valence-corrected chi connectivity index (χ1v) is 6.80. The summed E-state index contributed by atoms with van der Waals surface area (Å²) >= 11 is 0. The summed E-state index contributed by atoms with van der Waals surface area (Å²) in [6, 6.07) is 2.53. The van der Waals surface area contributed by atoms with E-state index in [1.165, 1.54) is 12.1 Å². The first-order chi connectivity index (χ1) is 9.88. The van der Waals surface area contributed by atoms with Gasteiger partial charge in [-0.25, -0.2) is 9.37 Å². The van der Waals surface area contributed by atoms with Crippen LogP contribution in [0.25, 0.3) is 0 Å². The monoisotopic (exact) mass is 290 g/mol. The summed E-state index contributed by atoms with van der Waals surface area (Å²) in [7, 11) is 1.90. The summed E-state index contributed by atoms with van der Waals surface area (Å²) in [4.78, 5) is 15.8. The van der Waals surface area contributed by atoms with E-state index in [1.807, 2.05) is 32.5 Å². The standard InChI is InChI=1S/C15H19FN4O/c1-9(7-13-10(2)19-20(4)11(13)3)18-15(21)14-6-5-12(16)8-17-14/h5-6,8-9H,7H2,1-4H3,(H,18,21). The van der Waals surface area contributed by atoms with Gasteiger partial charge in [0, 0.05) is 18.8 Å². The van der Waals surface area contributed by atoms with Crippen molar-refractivity contribution in [1.82, 2.24) is 20.1 Å². The molecule has 21 heavy (non-hydrogen) atoms. The Hall–Kier alpha value is -2.24. The molecule has 2 aromatic heterocycles. The number of aromatic nitrogens is 3. The second-order valence-corrected chi connectivity index (χ2v) is 5.21. The predicted molar refractivity (Wildman–Crippen MR) is 77.5 cm³/mol. The maximum absolute atomic E-state index is 12.8. The van der Waals surface area contributed by atoms with Gasteiger partial charge in [-0.2, -0.15) is 5.10 Å². The van der Waals surface area contributed by atoms with Crippen LogP contribution < -0.4 is 5.32 Å². The van der Waals surface area contributed by atoms with Crippen LogP contribution in [0.2, 0.25) is 0 Å². The molecule has 112 valence electrons. The van der Waals surface area contributed by atoms with E-state index in [-0.39, 0.29) is 17.6 Å². The van der Waals surface area contributed by atoms with Crippen molar-refractivity contribution < 1.29 is 9.18 Å². The summed E-state index contributed by atoms with van der Waals surface area (Å²) < 4.78 is 14.6. The number of nitrogens with one attached hydrogen (secondary N) is 1. The zero-order chi connectivity index (χ0) is 15.6. The Kier molecular flexibility index (Phi) is 4.35. The van der Waals surface area contributed by atoms with Gasteiger partial charge < -0.3 is 5.32 Å². The first-order valence-electron chi connectivity index (χ1n) is 6.80. The highest BCUT2D eigenvalue weighted by molar-refractivity contribution is 5.92.